The number of ether oxygens (including phenoxy) is 2. The number of nitrogens with zero attached hydrogens (tertiary/aromatic N) is 2. The van der Waals surface area contributed by atoms with Gasteiger partial charge in [0.25, 0.3) is 0 Å². The number of rotatable bonds is 5. The summed E-state index contributed by atoms with van der Waals surface area (Å²) >= 11 is 0. The Bertz CT molecular complexity index is 627. The van der Waals surface area contributed by atoms with E-state index in [0.29, 0.717) is 29.1 Å². The van der Waals surface area contributed by atoms with E-state index < -0.39 is 0 Å². The molecule has 0 amide bonds. The van der Waals surface area contributed by atoms with Gasteiger partial charge in [-0.2, -0.15) is 0 Å². The van der Waals surface area contributed by atoms with Crippen molar-refractivity contribution in [2.24, 2.45) is 5.92 Å². The summed E-state index contributed by atoms with van der Waals surface area (Å²) in [5.41, 5.74) is 7.61. The van der Waals surface area contributed by atoms with E-state index in [1.807, 2.05) is 24.3 Å². The molecule has 1 heterocycles. The molecule has 1 aromatic heterocycles. The molecule has 0 atom stereocenters. The molecule has 0 aliphatic rings. The Labute approximate surface area is 125 Å². The van der Waals surface area contributed by atoms with Crippen molar-refractivity contribution >= 4 is 5.82 Å². The highest BCUT2D eigenvalue weighted by Gasteiger charge is 2.15. The molecular formula is C16H21N3O2. The second-order valence-electron chi connectivity index (χ2n) is 5.25. The van der Waals surface area contributed by atoms with Crippen LogP contribution in [0.5, 0.6) is 11.5 Å². The minimum atomic E-state index is 0.459. The van der Waals surface area contributed by atoms with Crippen molar-refractivity contribution in [2.75, 3.05) is 20.0 Å². The van der Waals surface area contributed by atoms with Gasteiger partial charge in [0, 0.05) is 11.8 Å². The lowest BCUT2D eigenvalue weighted by Crippen LogP contribution is -2.04. The highest BCUT2D eigenvalue weighted by Crippen LogP contribution is 2.36. The molecule has 2 aromatic rings. The number of aromatic nitrogens is 2. The van der Waals surface area contributed by atoms with Crippen LogP contribution in [0.15, 0.2) is 24.3 Å². The number of anilines is 1. The number of hydrogen-bond donors (Lipinski definition) is 1. The van der Waals surface area contributed by atoms with Gasteiger partial charge in [-0.3, -0.25) is 0 Å². The lowest BCUT2D eigenvalue weighted by molar-refractivity contribution is 0.356. The normalized spacial score (nSPS) is 10.7. The maximum atomic E-state index is 5.91. The second kappa shape index (κ2) is 6.43. The van der Waals surface area contributed by atoms with Gasteiger partial charge in [-0.05, 0) is 24.5 Å². The second-order valence-corrected chi connectivity index (χ2v) is 5.25. The molecule has 1 aromatic carbocycles. The van der Waals surface area contributed by atoms with Crippen LogP contribution in [-0.2, 0) is 6.42 Å². The zero-order valence-corrected chi connectivity index (χ0v) is 12.9. The Kier molecular flexibility index (Phi) is 4.62. The zero-order chi connectivity index (χ0) is 15.4. The van der Waals surface area contributed by atoms with Crippen LogP contribution in [-0.4, -0.2) is 24.2 Å². The fourth-order valence-corrected chi connectivity index (χ4v) is 2.23. The van der Waals surface area contributed by atoms with Crippen molar-refractivity contribution in [3.05, 3.63) is 30.0 Å². The van der Waals surface area contributed by atoms with Crippen LogP contribution in [0.3, 0.4) is 0 Å². The van der Waals surface area contributed by atoms with E-state index in [9.17, 15) is 0 Å². The van der Waals surface area contributed by atoms with E-state index in [0.717, 1.165) is 17.7 Å². The standard InChI is InChI=1S/C16H21N3O2/c1-10(2)8-11-9-14(17)19-16(18-11)12-6-5-7-13(20-3)15(12)21-4/h5-7,9-10H,8H2,1-4H3,(H2,17,18,19). The molecule has 0 aliphatic heterocycles. The number of para-hydroxylation sites is 1. The molecule has 5 heteroatoms. The van der Waals surface area contributed by atoms with Gasteiger partial charge in [0.05, 0.1) is 19.8 Å². The van der Waals surface area contributed by atoms with Gasteiger partial charge in [0.15, 0.2) is 17.3 Å². The third-order valence-corrected chi connectivity index (χ3v) is 3.06. The Morgan fingerprint density at radius 1 is 1.14 bits per heavy atom. The van der Waals surface area contributed by atoms with Crippen LogP contribution in [0.1, 0.15) is 19.5 Å². The summed E-state index contributed by atoms with van der Waals surface area (Å²) in [6, 6.07) is 7.43. The summed E-state index contributed by atoms with van der Waals surface area (Å²) in [5.74, 6) is 2.77. The molecule has 2 N–H and O–H groups in total. The monoisotopic (exact) mass is 287 g/mol. The average molecular weight is 287 g/mol. The minimum absolute atomic E-state index is 0.459. The molecule has 2 rings (SSSR count). The van der Waals surface area contributed by atoms with E-state index >= 15 is 0 Å². The summed E-state index contributed by atoms with van der Waals surface area (Å²) in [7, 11) is 3.20. The van der Waals surface area contributed by atoms with E-state index in [4.69, 9.17) is 15.2 Å². The van der Waals surface area contributed by atoms with Gasteiger partial charge in [-0.1, -0.05) is 19.9 Å². The molecule has 112 valence electrons. The zero-order valence-electron chi connectivity index (χ0n) is 12.9. The van der Waals surface area contributed by atoms with Gasteiger partial charge >= 0.3 is 0 Å². The Morgan fingerprint density at radius 3 is 2.52 bits per heavy atom. The number of benzene rings is 1. The van der Waals surface area contributed by atoms with Crippen molar-refractivity contribution < 1.29 is 9.47 Å². The van der Waals surface area contributed by atoms with E-state index in [-0.39, 0.29) is 0 Å². The van der Waals surface area contributed by atoms with E-state index in [2.05, 4.69) is 23.8 Å². The average Bonchev–Trinajstić information content (AvgIpc) is 2.44. The lowest BCUT2D eigenvalue weighted by atomic mass is 10.1. The maximum absolute atomic E-state index is 5.91. The number of hydrogen-bond acceptors (Lipinski definition) is 5. The molecule has 0 bridgehead atoms. The first kappa shape index (κ1) is 15.1. The third kappa shape index (κ3) is 3.42. The van der Waals surface area contributed by atoms with Crippen LogP contribution in [0.25, 0.3) is 11.4 Å². The lowest BCUT2D eigenvalue weighted by Gasteiger charge is -2.13. The van der Waals surface area contributed by atoms with Gasteiger partial charge in [-0.25, -0.2) is 9.97 Å². The minimum Gasteiger partial charge on any atom is -0.493 e. The Hall–Kier alpha value is -2.30. The molecule has 5 nitrogen and oxygen atoms in total. The highest BCUT2D eigenvalue weighted by molar-refractivity contribution is 5.69. The number of nitrogens with two attached hydrogens (primary N) is 1. The predicted octanol–water partition coefficient (Wildman–Crippen LogP) is 2.94. The molecule has 21 heavy (non-hydrogen) atoms. The molecule has 0 aliphatic carbocycles. The molecule has 0 saturated carbocycles. The van der Waals surface area contributed by atoms with Crippen LogP contribution in [0, 0.1) is 5.92 Å². The summed E-state index contributed by atoms with van der Waals surface area (Å²) in [6.07, 6.45) is 0.853. The molecule has 0 saturated heterocycles. The topological polar surface area (TPSA) is 70.3 Å². The molecule has 0 spiro atoms. The van der Waals surface area contributed by atoms with E-state index in [1.54, 1.807) is 14.2 Å². The maximum Gasteiger partial charge on any atom is 0.171 e. The van der Waals surface area contributed by atoms with Crippen molar-refractivity contribution in [3.63, 3.8) is 0 Å². The SMILES string of the molecule is COc1cccc(-c2nc(N)cc(CC(C)C)n2)c1OC. The van der Waals surface area contributed by atoms with Crippen LogP contribution in [0.4, 0.5) is 5.82 Å². The summed E-state index contributed by atoms with van der Waals surface area (Å²) in [6.45, 7) is 4.29. The largest absolute Gasteiger partial charge is 0.493 e. The summed E-state index contributed by atoms with van der Waals surface area (Å²) in [4.78, 5) is 8.93. The fraction of sp³-hybridized carbons (Fsp3) is 0.375. The predicted molar refractivity (Wildman–Crippen MR) is 83.5 cm³/mol. The number of methoxy groups -OCH3 is 2. The van der Waals surface area contributed by atoms with Crippen molar-refractivity contribution in [2.45, 2.75) is 20.3 Å². The van der Waals surface area contributed by atoms with Crippen LogP contribution < -0.4 is 15.2 Å². The Balaban J connectivity index is 2.53. The molecule has 0 unspecified atom stereocenters. The first-order valence-electron chi connectivity index (χ1n) is 6.90. The highest BCUT2D eigenvalue weighted by atomic mass is 16.5. The van der Waals surface area contributed by atoms with Crippen molar-refractivity contribution in [3.8, 4) is 22.9 Å². The third-order valence-electron chi connectivity index (χ3n) is 3.06. The van der Waals surface area contributed by atoms with E-state index in [1.165, 1.54) is 0 Å². The Morgan fingerprint density at radius 2 is 1.90 bits per heavy atom. The molecule has 0 fully saturated rings. The van der Waals surface area contributed by atoms with Gasteiger partial charge in [-0.15, -0.1) is 0 Å². The first-order chi connectivity index (χ1) is 10.0. The van der Waals surface area contributed by atoms with Gasteiger partial charge < -0.3 is 15.2 Å². The summed E-state index contributed by atoms with van der Waals surface area (Å²) < 4.78 is 10.7. The van der Waals surface area contributed by atoms with Crippen LogP contribution in [0.2, 0.25) is 0 Å². The van der Waals surface area contributed by atoms with Gasteiger partial charge in [0.2, 0.25) is 0 Å². The first-order valence-corrected chi connectivity index (χ1v) is 6.90. The van der Waals surface area contributed by atoms with Crippen molar-refractivity contribution in [1.82, 2.24) is 9.97 Å². The number of nitrogen functional groups attached to an aromatic ring is 1. The molecule has 0 radical (unpaired) electrons. The van der Waals surface area contributed by atoms with Crippen LogP contribution >= 0.6 is 0 Å². The fourth-order valence-electron chi connectivity index (χ4n) is 2.23. The summed E-state index contributed by atoms with van der Waals surface area (Å²) in [5, 5.41) is 0. The molecular weight excluding hydrogens is 266 g/mol. The van der Waals surface area contributed by atoms with Crippen molar-refractivity contribution in [1.29, 1.82) is 0 Å². The van der Waals surface area contributed by atoms with Gasteiger partial charge in [0.1, 0.15) is 5.82 Å². The smallest absolute Gasteiger partial charge is 0.171 e. The quantitative estimate of drug-likeness (QED) is 0.915.